The van der Waals surface area contributed by atoms with Crippen molar-refractivity contribution < 1.29 is 23.0 Å². The molecule has 5 heterocycles. The SMILES string of the molecule is CCc1c(F)ccc2cc(O)cc(-c3ncc4c(NC5=CC(c6ccncc6)C=C5)nc(OC[C@@]56CCCN5C[C@H](F)C6)nc4c3F)c12. The number of benzene rings is 2. The molecular weight excluding hydrogens is 617 g/mol. The highest BCUT2D eigenvalue weighted by Gasteiger charge is 2.49. The summed E-state index contributed by atoms with van der Waals surface area (Å²) in [6.07, 6.45) is 12.5. The zero-order valence-electron chi connectivity index (χ0n) is 26.3. The van der Waals surface area contributed by atoms with Crippen LogP contribution in [0.25, 0.3) is 32.9 Å². The summed E-state index contributed by atoms with van der Waals surface area (Å²) < 4.78 is 52.5. The molecule has 2 fully saturated rings. The van der Waals surface area contributed by atoms with Crippen LogP contribution in [0.4, 0.5) is 19.0 Å². The lowest BCUT2D eigenvalue weighted by atomic mass is 9.94. The third-order valence-corrected chi connectivity index (χ3v) is 9.85. The van der Waals surface area contributed by atoms with E-state index in [0.717, 1.165) is 30.6 Å². The highest BCUT2D eigenvalue weighted by atomic mass is 19.1. The maximum atomic E-state index is 16.8. The number of pyridine rings is 2. The number of fused-ring (bicyclic) bond motifs is 3. The minimum Gasteiger partial charge on any atom is -0.508 e. The lowest BCUT2D eigenvalue weighted by Crippen LogP contribution is -2.43. The van der Waals surface area contributed by atoms with Crippen molar-refractivity contribution in [2.45, 2.75) is 50.2 Å². The van der Waals surface area contributed by atoms with Crippen molar-refractivity contribution in [1.29, 1.82) is 0 Å². The third kappa shape index (κ3) is 5.22. The summed E-state index contributed by atoms with van der Waals surface area (Å²) in [4.78, 5) is 19.9. The van der Waals surface area contributed by atoms with Crippen molar-refractivity contribution in [2.24, 2.45) is 0 Å². The number of ether oxygens (including phenoxy) is 1. The normalized spacial score (nSPS) is 22.0. The predicted octanol–water partition coefficient (Wildman–Crippen LogP) is 7.39. The van der Waals surface area contributed by atoms with Crippen molar-refractivity contribution in [1.82, 2.24) is 24.8 Å². The summed E-state index contributed by atoms with van der Waals surface area (Å²) in [6, 6.07) is 9.64. The fraction of sp³-hybridized carbons (Fsp3) is 0.297. The van der Waals surface area contributed by atoms with Gasteiger partial charge in [-0.25, -0.2) is 13.2 Å². The molecule has 3 aromatic heterocycles. The molecule has 244 valence electrons. The second-order valence-electron chi connectivity index (χ2n) is 12.8. The van der Waals surface area contributed by atoms with E-state index in [1.54, 1.807) is 18.5 Å². The van der Waals surface area contributed by atoms with Gasteiger partial charge in [0.2, 0.25) is 0 Å². The molecule has 0 spiro atoms. The van der Waals surface area contributed by atoms with E-state index in [4.69, 9.17) is 4.74 Å². The molecule has 48 heavy (non-hydrogen) atoms. The largest absolute Gasteiger partial charge is 0.508 e. The number of alkyl halides is 1. The van der Waals surface area contributed by atoms with E-state index >= 15 is 4.39 Å². The zero-order chi connectivity index (χ0) is 33.0. The van der Waals surface area contributed by atoms with Crippen molar-refractivity contribution in [3.8, 4) is 23.0 Å². The van der Waals surface area contributed by atoms with Gasteiger partial charge in [0.05, 0.1) is 10.9 Å². The molecule has 2 aromatic carbocycles. The van der Waals surface area contributed by atoms with E-state index in [-0.39, 0.29) is 46.9 Å². The average molecular weight is 651 g/mol. The van der Waals surface area contributed by atoms with Gasteiger partial charge in [0.15, 0.2) is 5.82 Å². The van der Waals surface area contributed by atoms with Crippen molar-refractivity contribution in [3.05, 3.63) is 102 Å². The van der Waals surface area contributed by atoms with Gasteiger partial charge in [-0.1, -0.05) is 19.1 Å². The van der Waals surface area contributed by atoms with Gasteiger partial charge in [-0.05, 0) is 90.2 Å². The summed E-state index contributed by atoms with van der Waals surface area (Å²) in [5.74, 6) is -0.994. The summed E-state index contributed by atoms with van der Waals surface area (Å²) in [5.41, 5.74) is 1.85. The van der Waals surface area contributed by atoms with Crippen LogP contribution in [0.5, 0.6) is 11.8 Å². The molecule has 2 N–H and O–H groups in total. The second kappa shape index (κ2) is 11.9. The molecule has 2 saturated heterocycles. The summed E-state index contributed by atoms with van der Waals surface area (Å²) in [7, 11) is 0. The van der Waals surface area contributed by atoms with Crippen LogP contribution < -0.4 is 10.1 Å². The Morgan fingerprint density at radius 3 is 2.81 bits per heavy atom. The van der Waals surface area contributed by atoms with Crippen LogP contribution >= 0.6 is 0 Å². The molecule has 11 heteroatoms. The first-order valence-electron chi connectivity index (χ1n) is 16.2. The number of halogens is 3. The van der Waals surface area contributed by atoms with Crippen LogP contribution in [-0.4, -0.2) is 61.3 Å². The maximum absolute atomic E-state index is 16.8. The lowest BCUT2D eigenvalue weighted by molar-refractivity contribution is 0.107. The number of hydrogen-bond acceptors (Lipinski definition) is 8. The third-order valence-electron chi connectivity index (χ3n) is 9.85. The fourth-order valence-electron chi connectivity index (χ4n) is 7.59. The van der Waals surface area contributed by atoms with E-state index in [2.05, 4.69) is 30.2 Å². The molecule has 1 aliphatic carbocycles. The van der Waals surface area contributed by atoms with Crippen LogP contribution in [-0.2, 0) is 6.42 Å². The number of nitrogens with zero attached hydrogens (tertiary/aromatic N) is 5. The van der Waals surface area contributed by atoms with Gasteiger partial charge in [0, 0.05) is 48.7 Å². The highest BCUT2D eigenvalue weighted by molar-refractivity contribution is 6.01. The van der Waals surface area contributed by atoms with Gasteiger partial charge in [0.25, 0.3) is 0 Å². The topological polar surface area (TPSA) is 96.3 Å². The van der Waals surface area contributed by atoms with E-state index in [9.17, 15) is 13.9 Å². The molecule has 8 nitrogen and oxygen atoms in total. The van der Waals surface area contributed by atoms with Crippen LogP contribution in [0, 0.1) is 11.6 Å². The molecule has 2 aliphatic heterocycles. The Hall–Kier alpha value is -5.03. The summed E-state index contributed by atoms with van der Waals surface area (Å²) in [5, 5.41) is 15.2. The van der Waals surface area contributed by atoms with E-state index in [1.807, 2.05) is 37.3 Å². The van der Waals surface area contributed by atoms with Crippen molar-refractivity contribution >= 4 is 27.5 Å². The molecule has 3 atom stereocenters. The Balaban J connectivity index is 1.24. The number of aromatic hydroxyl groups is 1. The van der Waals surface area contributed by atoms with Crippen LogP contribution in [0.1, 0.15) is 43.2 Å². The van der Waals surface area contributed by atoms with Gasteiger partial charge in [-0.15, -0.1) is 0 Å². The quantitative estimate of drug-likeness (QED) is 0.180. The minimum absolute atomic E-state index is 0.0106. The fourth-order valence-corrected chi connectivity index (χ4v) is 7.59. The zero-order valence-corrected chi connectivity index (χ0v) is 26.3. The number of allylic oxidation sites excluding steroid dienone is 3. The smallest absolute Gasteiger partial charge is 0.319 e. The highest BCUT2D eigenvalue weighted by Crippen LogP contribution is 2.42. The van der Waals surface area contributed by atoms with Crippen LogP contribution in [0.2, 0.25) is 0 Å². The lowest BCUT2D eigenvalue weighted by Gasteiger charge is -2.30. The van der Waals surface area contributed by atoms with Crippen LogP contribution in [0.15, 0.2) is 78.9 Å². The molecule has 8 rings (SSSR count). The van der Waals surface area contributed by atoms with Gasteiger partial charge in [-0.2, -0.15) is 9.97 Å². The van der Waals surface area contributed by atoms with E-state index < -0.39 is 23.3 Å². The van der Waals surface area contributed by atoms with E-state index in [0.29, 0.717) is 41.1 Å². The molecule has 0 amide bonds. The number of phenolic OH excluding ortho intramolecular Hbond substituents is 1. The Kier molecular flexibility index (Phi) is 7.51. The summed E-state index contributed by atoms with van der Waals surface area (Å²) in [6.45, 7) is 3.16. The molecule has 3 aliphatic rings. The Bertz CT molecular complexity index is 2120. The van der Waals surface area contributed by atoms with Crippen LogP contribution in [0.3, 0.4) is 0 Å². The standard InChI is InChI=1S/C37H33F3N6O2/c1-2-27-30(39)7-5-23-15-26(47)16-28(31(23)27)33-32(40)34-29(18-42-33)35(43-25-6-4-22(14-25)21-8-11-41-12-9-21)45-36(44-34)48-20-37-10-3-13-46(37)19-24(38)17-37/h4-9,11-12,14-16,18,22,24,47H,2-3,10,13,17,19-20H2,1H3,(H,43,44,45)/t22?,24-,37+/m1/s1. The maximum Gasteiger partial charge on any atom is 0.319 e. The second-order valence-corrected chi connectivity index (χ2v) is 12.8. The minimum atomic E-state index is -0.931. The molecule has 0 radical (unpaired) electrons. The molecule has 0 bridgehead atoms. The predicted molar refractivity (Wildman–Crippen MR) is 178 cm³/mol. The number of phenols is 1. The number of hydrogen-bond donors (Lipinski definition) is 2. The monoisotopic (exact) mass is 650 g/mol. The Morgan fingerprint density at radius 2 is 1.98 bits per heavy atom. The van der Waals surface area contributed by atoms with E-state index in [1.165, 1.54) is 24.4 Å². The Labute approximate surface area is 275 Å². The summed E-state index contributed by atoms with van der Waals surface area (Å²) >= 11 is 0. The first-order valence-corrected chi connectivity index (χ1v) is 16.2. The number of anilines is 1. The first-order chi connectivity index (χ1) is 23.3. The molecular formula is C37H33F3N6O2. The molecule has 1 unspecified atom stereocenters. The number of aryl methyl sites for hydroxylation is 1. The van der Waals surface area contributed by atoms with Gasteiger partial charge >= 0.3 is 6.01 Å². The average Bonchev–Trinajstić information content (AvgIpc) is 3.79. The molecule has 0 saturated carbocycles. The Morgan fingerprint density at radius 1 is 1.12 bits per heavy atom. The first kappa shape index (κ1) is 30.3. The number of nitrogens with one attached hydrogen (secondary N) is 1. The van der Waals surface area contributed by atoms with Gasteiger partial charge in [0.1, 0.15) is 41.4 Å². The van der Waals surface area contributed by atoms with Gasteiger partial charge in [-0.3, -0.25) is 14.9 Å². The number of aromatic nitrogens is 4. The van der Waals surface area contributed by atoms with Crippen molar-refractivity contribution in [2.75, 3.05) is 25.0 Å². The number of rotatable bonds is 8. The molecule has 5 aromatic rings. The van der Waals surface area contributed by atoms with Crippen molar-refractivity contribution in [3.63, 3.8) is 0 Å². The van der Waals surface area contributed by atoms with Gasteiger partial charge < -0.3 is 15.2 Å².